The van der Waals surface area contributed by atoms with Crippen LogP contribution in [-0.4, -0.2) is 13.7 Å². The van der Waals surface area contributed by atoms with E-state index in [1.54, 1.807) is 7.11 Å². The summed E-state index contributed by atoms with van der Waals surface area (Å²) in [6, 6.07) is 5.62. The summed E-state index contributed by atoms with van der Waals surface area (Å²) in [5.74, 6) is 1.53. The first-order valence-corrected chi connectivity index (χ1v) is 4.81. The molecule has 0 saturated heterocycles. The second kappa shape index (κ2) is 5.41. The van der Waals surface area contributed by atoms with Gasteiger partial charge in [0.1, 0.15) is 18.1 Å². The summed E-state index contributed by atoms with van der Waals surface area (Å²) in [6.07, 6.45) is 0. The quantitative estimate of drug-likeness (QED) is 0.752. The lowest BCUT2D eigenvalue weighted by Gasteiger charge is -2.11. The molecule has 0 unspecified atom stereocenters. The van der Waals surface area contributed by atoms with Crippen LogP contribution in [-0.2, 0) is 6.54 Å². The van der Waals surface area contributed by atoms with E-state index in [1.165, 1.54) is 0 Å². The highest BCUT2D eigenvalue weighted by molar-refractivity contribution is 5.40. The molecule has 0 amide bonds. The van der Waals surface area contributed by atoms with Crippen molar-refractivity contribution in [2.45, 2.75) is 13.5 Å². The summed E-state index contributed by atoms with van der Waals surface area (Å²) in [4.78, 5) is 0. The lowest BCUT2D eigenvalue weighted by atomic mass is 10.2. The van der Waals surface area contributed by atoms with Gasteiger partial charge in [-0.2, -0.15) is 0 Å². The number of benzene rings is 1. The third kappa shape index (κ3) is 3.29. The molecule has 3 nitrogen and oxygen atoms in total. The maximum atomic E-state index is 5.61. The molecule has 1 aromatic carbocycles. The van der Waals surface area contributed by atoms with Crippen molar-refractivity contribution in [3.05, 3.63) is 35.9 Å². The average Bonchev–Trinajstić information content (AvgIpc) is 2.25. The molecule has 0 fully saturated rings. The van der Waals surface area contributed by atoms with Crippen LogP contribution in [0.4, 0.5) is 0 Å². The molecule has 0 aliphatic rings. The largest absolute Gasteiger partial charge is 0.497 e. The molecule has 0 bridgehead atoms. The Labute approximate surface area is 90.5 Å². The Balaban J connectivity index is 2.85. The maximum absolute atomic E-state index is 5.61. The van der Waals surface area contributed by atoms with Crippen LogP contribution in [0.1, 0.15) is 12.5 Å². The van der Waals surface area contributed by atoms with Crippen LogP contribution in [0.3, 0.4) is 0 Å². The lowest BCUT2D eigenvalue weighted by Crippen LogP contribution is -2.04. The van der Waals surface area contributed by atoms with E-state index in [9.17, 15) is 0 Å². The number of methoxy groups -OCH3 is 1. The smallest absolute Gasteiger partial charge is 0.127 e. The summed E-state index contributed by atoms with van der Waals surface area (Å²) in [5, 5.41) is 0. The monoisotopic (exact) mass is 207 g/mol. The van der Waals surface area contributed by atoms with E-state index in [4.69, 9.17) is 15.2 Å². The minimum absolute atomic E-state index is 0.454. The molecule has 0 heterocycles. The Kier molecular flexibility index (Phi) is 4.18. The third-order valence-electron chi connectivity index (χ3n) is 1.97. The zero-order chi connectivity index (χ0) is 11.3. The van der Waals surface area contributed by atoms with Gasteiger partial charge < -0.3 is 15.2 Å². The van der Waals surface area contributed by atoms with Gasteiger partial charge in [0.25, 0.3) is 0 Å². The standard InChI is InChI=1S/C12H17NO2/c1-9(2)8-15-12-6-11(14-3)5-4-10(12)7-13/h4-6H,1,7-8,13H2,2-3H3. The Hall–Kier alpha value is -1.48. The molecule has 0 aliphatic heterocycles. The fourth-order valence-corrected chi connectivity index (χ4v) is 1.17. The van der Waals surface area contributed by atoms with Gasteiger partial charge in [0.05, 0.1) is 7.11 Å². The first-order chi connectivity index (χ1) is 7.17. The summed E-state index contributed by atoms with van der Waals surface area (Å²) >= 11 is 0. The SMILES string of the molecule is C=C(C)COc1cc(OC)ccc1CN. The first kappa shape index (κ1) is 11.6. The Morgan fingerprint density at radius 1 is 1.47 bits per heavy atom. The third-order valence-corrected chi connectivity index (χ3v) is 1.97. The predicted octanol–water partition coefficient (Wildman–Crippen LogP) is 2.11. The second-order valence-electron chi connectivity index (χ2n) is 3.42. The molecule has 1 aromatic rings. The Bertz CT molecular complexity index is 347. The number of hydrogen-bond donors (Lipinski definition) is 1. The van der Waals surface area contributed by atoms with Crippen molar-refractivity contribution in [2.75, 3.05) is 13.7 Å². The van der Waals surface area contributed by atoms with Crippen molar-refractivity contribution in [3.8, 4) is 11.5 Å². The molecule has 2 N–H and O–H groups in total. The zero-order valence-corrected chi connectivity index (χ0v) is 9.25. The molecule has 0 spiro atoms. The van der Waals surface area contributed by atoms with E-state index in [-0.39, 0.29) is 0 Å². The highest BCUT2D eigenvalue weighted by Crippen LogP contribution is 2.24. The molecule has 0 saturated carbocycles. The van der Waals surface area contributed by atoms with Gasteiger partial charge in [-0.25, -0.2) is 0 Å². The van der Waals surface area contributed by atoms with Gasteiger partial charge in [-0.1, -0.05) is 12.6 Å². The van der Waals surface area contributed by atoms with Crippen molar-refractivity contribution in [1.29, 1.82) is 0 Å². The van der Waals surface area contributed by atoms with Crippen LogP contribution in [0.5, 0.6) is 11.5 Å². The molecule has 1 rings (SSSR count). The van der Waals surface area contributed by atoms with E-state index >= 15 is 0 Å². The van der Waals surface area contributed by atoms with Crippen LogP contribution >= 0.6 is 0 Å². The van der Waals surface area contributed by atoms with E-state index in [1.807, 2.05) is 25.1 Å². The van der Waals surface area contributed by atoms with Gasteiger partial charge in [-0.15, -0.1) is 0 Å². The molecule has 0 atom stereocenters. The van der Waals surface area contributed by atoms with Crippen LogP contribution < -0.4 is 15.2 Å². The summed E-state index contributed by atoms with van der Waals surface area (Å²) in [6.45, 7) is 6.65. The van der Waals surface area contributed by atoms with Crippen LogP contribution in [0.2, 0.25) is 0 Å². The summed E-state index contributed by atoms with van der Waals surface area (Å²) < 4.78 is 10.7. The highest BCUT2D eigenvalue weighted by Gasteiger charge is 2.04. The summed E-state index contributed by atoms with van der Waals surface area (Å²) in [5.41, 5.74) is 7.55. The molecule has 82 valence electrons. The van der Waals surface area contributed by atoms with E-state index in [0.717, 1.165) is 22.6 Å². The minimum atomic E-state index is 0.454. The van der Waals surface area contributed by atoms with Crippen LogP contribution in [0, 0.1) is 0 Å². The van der Waals surface area contributed by atoms with Crippen LogP contribution in [0.15, 0.2) is 30.4 Å². The van der Waals surface area contributed by atoms with Gasteiger partial charge in [0, 0.05) is 18.2 Å². The zero-order valence-electron chi connectivity index (χ0n) is 9.25. The van der Waals surface area contributed by atoms with Crippen molar-refractivity contribution in [3.63, 3.8) is 0 Å². The van der Waals surface area contributed by atoms with E-state index < -0.39 is 0 Å². The Morgan fingerprint density at radius 2 is 2.20 bits per heavy atom. The number of rotatable bonds is 5. The maximum Gasteiger partial charge on any atom is 0.127 e. The molecule has 3 heteroatoms. The van der Waals surface area contributed by atoms with Gasteiger partial charge in [-0.3, -0.25) is 0 Å². The van der Waals surface area contributed by atoms with Crippen molar-refractivity contribution < 1.29 is 9.47 Å². The highest BCUT2D eigenvalue weighted by atomic mass is 16.5. The van der Waals surface area contributed by atoms with Gasteiger partial charge >= 0.3 is 0 Å². The minimum Gasteiger partial charge on any atom is -0.497 e. The number of hydrogen-bond acceptors (Lipinski definition) is 3. The second-order valence-corrected chi connectivity index (χ2v) is 3.42. The van der Waals surface area contributed by atoms with E-state index in [0.29, 0.717) is 13.2 Å². The average molecular weight is 207 g/mol. The fourth-order valence-electron chi connectivity index (χ4n) is 1.17. The molecule has 15 heavy (non-hydrogen) atoms. The fraction of sp³-hybridized carbons (Fsp3) is 0.333. The normalized spacial score (nSPS) is 9.80. The first-order valence-electron chi connectivity index (χ1n) is 4.81. The van der Waals surface area contributed by atoms with Crippen molar-refractivity contribution in [2.24, 2.45) is 5.73 Å². The van der Waals surface area contributed by atoms with E-state index in [2.05, 4.69) is 6.58 Å². The van der Waals surface area contributed by atoms with Gasteiger partial charge in [-0.05, 0) is 18.6 Å². The van der Waals surface area contributed by atoms with Gasteiger partial charge in [0.15, 0.2) is 0 Å². The van der Waals surface area contributed by atoms with Crippen molar-refractivity contribution >= 4 is 0 Å². The Morgan fingerprint density at radius 3 is 2.73 bits per heavy atom. The molecule has 0 aliphatic carbocycles. The number of nitrogens with two attached hydrogens (primary N) is 1. The predicted molar refractivity (Wildman–Crippen MR) is 61.2 cm³/mol. The topological polar surface area (TPSA) is 44.5 Å². The summed E-state index contributed by atoms with van der Waals surface area (Å²) in [7, 11) is 1.62. The molecular weight excluding hydrogens is 190 g/mol. The number of ether oxygens (including phenoxy) is 2. The van der Waals surface area contributed by atoms with Gasteiger partial charge in [0.2, 0.25) is 0 Å². The lowest BCUT2D eigenvalue weighted by molar-refractivity contribution is 0.344. The molecule has 0 radical (unpaired) electrons. The van der Waals surface area contributed by atoms with Crippen molar-refractivity contribution in [1.82, 2.24) is 0 Å². The molecular formula is C12H17NO2. The molecule has 0 aromatic heterocycles. The van der Waals surface area contributed by atoms with Crippen LogP contribution in [0.25, 0.3) is 0 Å².